The maximum absolute atomic E-state index is 2.32. The van der Waals surface area contributed by atoms with Gasteiger partial charge in [-0.3, -0.25) is 0 Å². The summed E-state index contributed by atoms with van der Waals surface area (Å²) in [5.41, 5.74) is 4.23. The third-order valence-electron chi connectivity index (χ3n) is 3.59. The third-order valence-corrected chi connectivity index (χ3v) is 4.31. The van der Waals surface area contributed by atoms with E-state index >= 15 is 0 Å². The molecule has 24 heavy (non-hydrogen) atoms. The van der Waals surface area contributed by atoms with E-state index in [1.807, 2.05) is 12.1 Å². The van der Waals surface area contributed by atoms with Gasteiger partial charge in [0.05, 0.1) is 0 Å². The summed E-state index contributed by atoms with van der Waals surface area (Å²) in [5.74, 6) is 0. The van der Waals surface area contributed by atoms with E-state index in [0.29, 0.717) is 0 Å². The van der Waals surface area contributed by atoms with E-state index in [9.17, 15) is 0 Å². The minimum absolute atomic E-state index is 0. The average molecular weight is 542 g/mol. The lowest BCUT2D eigenvalue weighted by Gasteiger charge is -2.18. The molecule has 0 fully saturated rings. The number of hydrogen-bond acceptors (Lipinski definition) is 0. The van der Waals surface area contributed by atoms with Crippen molar-refractivity contribution >= 4 is 46.6 Å². The molecule has 0 aliphatic carbocycles. The lowest BCUT2D eigenvalue weighted by atomic mass is 9.87. The van der Waals surface area contributed by atoms with Gasteiger partial charge in [-0.15, -0.1) is 24.0 Å². The lowest BCUT2D eigenvalue weighted by Crippen LogP contribution is -2.10. The van der Waals surface area contributed by atoms with E-state index in [1.165, 1.54) is 20.3 Å². The van der Waals surface area contributed by atoms with Crippen LogP contribution in [-0.2, 0) is 5.41 Å². The first-order chi connectivity index (χ1) is 11.0. The molecule has 0 radical (unpaired) electrons. The molecule has 0 unspecified atom stereocenters. The largest absolute Gasteiger partial charge is 0.107 e. The molecule has 0 aliphatic rings. The summed E-state index contributed by atoms with van der Waals surface area (Å²) in [6.45, 7) is 6.69. The average Bonchev–Trinajstić information content (AvgIpc) is 2.57. The van der Waals surface area contributed by atoms with Gasteiger partial charge in [0.15, 0.2) is 0 Å². The second-order valence-electron chi connectivity index (χ2n) is 6.49. The van der Waals surface area contributed by atoms with Gasteiger partial charge in [-0.1, -0.05) is 93.6 Å². The Hall–Kier alpha value is -0.880. The minimum atomic E-state index is 0. The normalized spacial score (nSPS) is 10.2. The summed E-state index contributed by atoms with van der Waals surface area (Å²) in [4.78, 5) is 0. The number of rotatable bonds is 1. The molecule has 3 aromatic carbocycles. The second-order valence-corrected chi connectivity index (χ2v) is 7.73. The number of halogens is 2. The highest BCUT2D eigenvalue weighted by Gasteiger charge is 2.12. The van der Waals surface area contributed by atoms with Gasteiger partial charge in [0.25, 0.3) is 0 Å². The second kappa shape index (κ2) is 10.2. The third kappa shape index (κ3) is 6.93. The Kier molecular flexibility index (Phi) is 8.98. The summed E-state index contributed by atoms with van der Waals surface area (Å²) in [6, 6.07) is 29.5. The van der Waals surface area contributed by atoms with E-state index in [0.717, 1.165) is 0 Å². The molecule has 0 saturated heterocycles. The zero-order valence-electron chi connectivity index (χ0n) is 14.4. The van der Waals surface area contributed by atoms with Crippen molar-refractivity contribution in [1.29, 1.82) is 0 Å². The highest BCUT2D eigenvalue weighted by atomic mass is 127. The van der Waals surface area contributed by atoms with Crippen LogP contribution in [0.25, 0.3) is 11.1 Å². The fourth-order valence-electron chi connectivity index (χ4n) is 2.21. The predicted octanol–water partition coefficient (Wildman–Crippen LogP) is 7.56. The molecule has 0 bridgehead atoms. The molecular weight excluding hydrogens is 518 g/mol. The number of benzene rings is 3. The van der Waals surface area contributed by atoms with Crippen LogP contribution in [0, 0.1) is 3.57 Å². The molecular formula is C22H24I2. The molecule has 0 N–H and O–H groups in total. The first kappa shape index (κ1) is 21.2. The first-order valence-electron chi connectivity index (χ1n) is 7.83. The van der Waals surface area contributed by atoms with Gasteiger partial charge >= 0.3 is 0 Å². The molecule has 0 atom stereocenters. The quantitative estimate of drug-likeness (QED) is 0.279. The van der Waals surface area contributed by atoms with E-state index in [2.05, 4.69) is 116 Å². The Morgan fingerprint density at radius 2 is 0.958 bits per heavy atom. The maximum Gasteiger partial charge on any atom is 0.0130 e. The van der Waals surface area contributed by atoms with Gasteiger partial charge in [0.2, 0.25) is 0 Å². The van der Waals surface area contributed by atoms with Gasteiger partial charge in [-0.25, -0.2) is 0 Å². The molecule has 0 amide bonds. The molecule has 126 valence electrons. The van der Waals surface area contributed by atoms with Crippen molar-refractivity contribution < 1.29 is 0 Å². The Morgan fingerprint density at radius 1 is 0.583 bits per heavy atom. The van der Waals surface area contributed by atoms with Crippen molar-refractivity contribution in [3.63, 3.8) is 0 Å². The molecule has 0 nitrogen and oxygen atoms in total. The van der Waals surface area contributed by atoms with Crippen LogP contribution in [0.2, 0.25) is 0 Å². The first-order valence-corrected chi connectivity index (χ1v) is 8.91. The Balaban J connectivity index is 0.000000232. The van der Waals surface area contributed by atoms with Crippen LogP contribution in [0.5, 0.6) is 0 Å². The Bertz CT molecular complexity index is 659. The molecule has 0 saturated carbocycles. The van der Waals surface area contributed by atoms with Crippen molar-refractivity contribution in [2.24, 2.45) is 0 Å². The van der Waals surface area contributed by atoms with Crippen LogP contribution in [0.1, 0.15) is 26.3 Å². The summed E-state index contributed by atoms with van der Waals surface area (Å²) < 4.78 is 1.30. The fourth-order valence-corrected chi connectivity index (χ4v) is 2.57. The molecule has 0 aromatic heterocycles. The molecule has 0 aliphatic heterocycles. The zero-order chi connectivity index (χ0) is 16.7. The van der Waals surface area contributed by atoms with Crippen LogP contribution >= 0.6 is 46.6 Å². The monoisotopic (exact) mass is 542 g/mol. The van der Waals surface area contributed by atoms with Crippen LogP contribution in [0.3, 0.4) is 0 Å². The van der Waals surface area contributed by atoms with E-state index in [4.69, 9.17) is 0 Å². The topological polar surface area (TPSA) is 0 Å². The van der Waals surface area contributed by atoms with E-state index < -0.39 is 0 Å². The summed E-state index contributed by atoms with van der Waals surface area (Å²) in [5, 5.41) is 0. The molecule has 0 spiro atoms. The fraction of sp³-hybridized carbons (Fsp3) is 0.182. The van der Waals surface area contributed by atoms with Crippen molar-refractivity contribution in [3.8, 4) is 11.1 Å². The van der Waals surface area contributed by atoms with Crippen LogP contribution in [0.4, 0.5) is 0 Å². The van der Waals surface area contributed by atoms with Crippen LogP contribution in [-0.4, -0.2) is 0 Å². The summed E-state index contributed by atoms with van der Waals surface area (Å²) >= 11 is 2.32. The number of hydrogen-bond donors (Lipinski definition) is 0. The van der Waals surface area contributed by atoms with E-state index in [-0.39, 0.29) is 29.4 Å². The van der Waals surface area contributed by atoms with Gasteiger partial charge in [-0.05, 0) is 56.8 Å². The predicted molar refractivity (Wildman–Crippen MR) is 125 cm³/mol. The van der Waals surface area contributed by atoms with Crippen molar-refractivity contribution in [3.05, 3.63) is 94.1 Å². The van der Waals surface area contributed by atoms with Crippen molar-refractivity contribution in [1.82, 2.24) is 0 Å². The molecule has 3 aromatic rings. The SMILES string of the molecule is CC(C)(C)c1ccc(I)cc1.I.c1ccc(-c2ccccc2)cc1. The van der Waals surface area contributed by atoms with E-state index in [1.54, 1.807) is 0 Å². The zero-order valence-corrected chi connectivity index (χ0v) is 18.9. The summed E-state index contributed by atoms with van der Waals surface area (Å²) in [6.07, 6.45) is 0. The van der Waals surface area contributed by atoms with Crippen LogP contribution < -0.4 is 0 Å². The molecule has 0 heterocycles. The lowest BCUT2D eigenvalue weighted by molar-refractivity contribution is 0.590. The van der Waals surface area contributed by atoms with Crippen molar-refractivity contribution in [2.75, 3.05) is 0 Å². The highest BCUT2D eigenvalue weighted by molar-refractivity contribution is 14.1. The van der Waals surface area contributed by atoms with Gasteiger partial charge in [-0.2, -0.15) is 0 Å². The Labute approximate surface area is 176 Å². The standard InChI is InChI=1S/C12H10.C10H13I.HI/c1-3-7-11(8-4-1)12-9-5-2-6-10-12;1-10(2,3)8-4-6-9(11)7-5-8;/h1-10H;4-7H,1-3H3;1H. The smallest absolute Gasteiger partial charge is 0.0130 e. The minimum Gasteiger partial charge on any atom is -0.107 e. The van der Waals surface area contributed by atoms with Gasteiger partial charge in [0, 0.05) is 3.57 Å². The van der Waals surface area contributed by atoms with Crippen molar-refractivity contribution in [2.45, 2.75) is 26.2 Å². The Morgan fingerprint density at radius 3 is 1.29 bits per heavy atom. The molecule has 3 rings (SSSR count). The molecule has 2 heteroatoms. The highest BCUT2D eigenvalue weighted by Crippen LogP contribution is 2.22. The van der Waals surface area contributed by atoms with Gasteiger partial charge < -0.3 is 0 Å². The van der Waals surface area contributed by atoms with Gasteiger partial charge in [0.1, 0.15) is 0 Å². The summed E-state index contributed by atoms with van der Waals surface area (Å²) in [7, 11) is 0. The van der Waals surface area contributed by atoms with Crippen LogP contribution in [0.15, 0.2) is 84.9 Å². The maximum atomic E-state index is 2.32.